The van der Waals surface area contributed by atoms with Gasteiger partial charge in [-0.05, 0) is 56.7 Å². The summed E-state index contributed by atoms with van der Waals surface area (Å²) in [6, 6.07) is -3.08. The van der Waals surface area contributed by atoms with E-state index in [9.17, 15) is 32.3 Å². The van der Waals surface area contributed by atoms with Crippen molar-refractivity contribution < 1.29 is 32.3 Å². The van der Waals surface area contributed by atoms with E-state index in [-0.39, 0.29) is 30.3 Å². The molecule has 0 aromatic rings. The van der Waals surface area contributed by atoms with Crippen LogP contribution in [0.25, 0.3) is 0 Å². The lowest BCUT2D eigenvalue weighted by atomic mass is 9.85. The number of alkyl halides is 3. The Morgan fingerprint density at radius 2 is 1.69 bits per heavy atom. The van der Waals surface area contributed by atoms with Crippen LogP contribution in [0.3, 0.4) is 0 Å². The van der Waals surface area contributed by atoms with Gasteiger partial charge in [0.1, 0.15) is 12.1 Å². The van der Waals surface area contributed by atoms with E-state index in [1.165, 1.54) is 4.90 Å². The predicted octanol–water partition coefficient (Wildman–Crippen LogP) is 2.07. The molecule has 2 rings (SSSR count). The summed E-state index contributed by atoms with van der Waals surface area (Å²) in [5.41, 5.74) is -1.31. The van der Waals surface area contributed by atoms with Crippen LogP contribution in [0, 0.1) is 22.7 Å². The number of carbonyl (C=O) groups is 4. The molecule has 9 nitrogen and oxygen atoms in total. The normalized spacial score (nSPS) is 23.7. The number of nitrogens with zero attached hydrogens (tertiary/aromatic N) is 3. The van der Waals surface area contributed by atoms with E-state index in [0.717, 1.165) is 11.4 Å². The Labute approximate surface area is 211 Å². The molecule has 0 aromatic heterocycles. The fourth-order valence-electron chi connectivity index (χ4n) is 5.07. The van der Waals surface area contributed by atoms with Crippen molar-refractivity contribution in [3.63, 3.8) is 0 Å². The lowest BCUT2D eigenvalue weighted by Gasteiger charge is -2.38. The van der Waals surface area contributed by atoms with Crippen LogP contribution in [0.1, 0.15) is 48.0 Å². The van der Waals surface area contributed by atoms with Gasteiger partial charge >= 0.3 is 18.1 Å². The van der Waals surface area contributed by atoms with Crippen LogP contribution >= 0.6 is 0 Å². The van der Waals surface area contributed by atoms with Crippen LogP contribution < -0.4 is 10.6 Å². The van der Waals surface area contributed by atoms with Crippen LogP contribution in [-0.2, 0) is 14.4 Å². The summed E-state index contributed by atoms with van der Waals surface area (Å²) >= 11 is 0. The van der Waals surface area contributed by atoms with E-state index >= 15 is 0 Å². The van der Waals surface area contributed by atoms with Crippen LogP contribution in [0.5, 0.6) is 0 Å². The molecule has 1 aliphatic carbocycles. The van der Waals surface area contributed by atoms with Crippen molar-refractivity contribution in [1.29, 1.82) is 0 Å². The van der Waals surface area contributed by atoms with Gasteiger partial charge in [-0.25, -0.2) is 4.79 Å². The van der Waals surface area contributed by atoms with Crippen LogP contribution in [0.15, 0.2) is 0 Å². The van der Waals surface area contributed by atoms with Gasteiger partial charge < -0.3 is 20.4 Å². The van der Waals surface area contributed by atoms with Crippen molar-refractivity contribution in [2.24, 2.45) is 22.7 Å². The summed E-state index contributed by atoms with van der Waals surface area (Å²) < 4.78 is 38.9. The molecule has 1 aliphatic heterocycles. The summed E-state index contributed by atoms with van der Waals surface area (Å²) in [5, 5.41) is 4.56. The van der Waals surface area contributed by atoms with E-state index in [1.54, 1.807) is 27.7 Å². The Bertz CT molecular complexity index is 869. The number of amides is 5. The number of likely N-dealkylation sites (tertiary alicyclic amines) is 1. The predicted molar refractivity (Wildman–Crippen MR) is 128 cm³/mol. The number of carbonyl (C=O) groups excluding carboxylic acids is 4. The van der Waals surface area contributed by atoms with E-state index in [2.05, 4.69) is 5.32 Å². The highest BCUT2D eigenvalue weighted by Gasteiger charge is 2.70. The van der Waals surface area contributed by atoms with E-state index in [0.29, 0.717) is 13.0 Å². The average molecular weight is 520 g/mol. The topological polar surface area (TPSA) is 102 Å². The number of hydrogen-bond donors (Lipinski definition) is 2. The molecule has 1 saturated carbocycles. The largest absolute Gasteiger partial charge is 0.471 e. The average Bonchev–Trinajstić information content (AvgIpc) is 3.08. The smallest absolute Gasteiger partial charge is 0.338 e. The molecule has 0 bridgehead atoms. The molecule has 1 heterocycles. The number of piperidine rings is 1. The summed E-state index contributed by atoms with van der Waals surface area (Å²) in [5.74, 6) is -3.80. The zero-order chi connectivity index (χ0) is 27.8. The Morgan fingerprint density at radius 3 is 2.17 bits per heavy atom. The van der Waals surface area contributed by atoms with E-state index in [4.69, 9.17) is 0 Å². The molecule has 0 aromatic carbocycles. The lowest BCUT2D eigenvalue weighted by molar-refractivity contribution is -0.176. The van der Waals surface area contributed by atoms with Gasteiger partial charge in [0, 0.05) is 19.6 Å². The molecule has 5 amide bonds. The van der Waals surface area contributed by atoms with Crippen molar-refractivity contribution in [2.75, 3.05) is 40.3 Å². The third kappa shape index (κ3) is 6.30. The molecule has 36 heavy (non-hydrogen) atoms. The van der Waals surface area contributed by atoms with Gasteiger partial charge in [-0.1, -0.05) is 34.6 Å². The first-order valence-electron chi connectivity index (χ1n) is 12.3. The quantitative estimate of drug-likeness (QED) is 0.478. The van der Waals surface area contributed by atoms with Crippen molar-refractivity contribution in [2.45, 2.75) is 66.2 Å². The van der Waals surface area contributed by atoms with E-state index < -0.39 is 47.4 Å². The molecule has 2 N–H and O–H groups in total. The Kier molecular flexibility index (Phi) is 8.75. The fraction of sp³-hybridized carbons (Fsp3) is 0.833. The number of urea groups is 1. The highest BCUT2D eigenvalue weighted by Crippen LogP contribution is 2.65. The van der Waals surface area contributed by atoms with E-state index in [1.807, 2.05) is 38.2 Å². The van der Waals surface area contributed by atoms with Crippen molar-refractivity contribution in [1.82, 2.24) is 25.3 Å². The standard InChI is InChI=1S/C24H40F3N5O4/c1-9-31(21(36)28-11-10-12-30(7)8)18(33)16-15-14(23(15,5)6)13-32(16)19(34)17(22(2,3)4)29-20(35)24(25,26)27/h14-17H,9-13H2,1-8H3,(H,28,36)(H,29,35)/t14-,15-,16-,17+/m0/s1. The molecule has 4 atom stereocenters. The first-order valence-corrected chi connectivity index (χ1v) is 12.3. The second-order valence-corrected chi connectivity index (χ2v) is 11.6. The molecule has 0 radical (unpaired) electrons. The summed E-state index contributed by atoms with van der Waals surface area (Å²) in [4.78, 5) is 56.0. The summed E-state index contributed by atoms with van der Waals surface area (Å²) in [6.45, 7) is 11.6. The monoisotopic (exact) mass is 519 g/mol. The van der Waals surface area contributed by atoms with Gasteiger partial charge in [0.25, 0.3) is 5.91 Å². The Balaban J connectivity index is 2.28. The van der Waals surface area contributed by atoms with Gasteiger partial charge in [-0.3, -0.25) is 19.3 Å². The summed E-state index contributed by atoms with van der Waals surface area (Å²) in [6.07, 6.45) is -4.47. The van der Waals surface area contributed by atoms with Crippen LogP contribution in [0.2, 0.25) is 0 Å². The fourth-order valence-corrected chi connectivity index (χ4v) is 5.07. The highest BCUT2D eigenvalue weighted by atomic mass is 19.4. The molecular weight excluding hydrogens is 479 g/mol. The maximum atomic E-state index is 13.6. The number of hydrogen-bond acceptors (Lipinski definition) is 5. The zero-order valence-electron chi connectivity index (χ0n) is 22.5. The molecular formula is C24H40F3N5O4. The minimum absolute atomic E-state index is 0.0313. The maximum Gasteiger partial charge on any atom is 0.471 e. The zero-order valence-corrected chi connectivity index (χ0v) is 22.5. The lowest BCUT2D eigenvalue weighted by Crippen LogP contribution is -2.61. The second-order valence-electron chi connectivity index (χ2n) is 11.6. The maximum absolute atomic E-state index is 13.6. The van der Waals surface area contributed by atoms with Crippen molar-refractivity contribution >= 4 is 23.8 Å². The van der Waals surface area contributed by atoms with Crippen LogP contribution in [-0.4, -0.2) is 97.0 Å². The van der Waals surface area contributed by atoms with Gasteiger partial charge in [0.15, 0.2) is 0 Å². The number of halogens is 3. The van der Waals surface area contributed by atoms with Crippen molar-refractivity contribution in [3.05, 3.63) is 0 Å². The van der Waals surface area contributed by atoms with Gasteiger partial charge in [-0.2, -0.15) is 13.2 Å². The SMILES string of the molecule is CCN(C(=O)NCCCN(C)C)C(=O)[C@@H]1[C@@H]2[C@H](CN1C(=O)[C@@H](NC(=O)C(F)(F)F)C(C)(C)C)C2(C)C. The number of fused-ring (bicyclic) bond motifs is 1. The minimum atomic E-state index is -5.15. The third-order valence-electron chi connectivity index (χ3n) is 7.28. The van der Waals surface area contributed by atoms with Gasteiger partial charge in [0.05, 0.1) is 0 Å². The summed E-state index contributed by atoms with van der Waals surface area (Å²) in [7, 11) is 3.82. The molecule has 0 spiro atoms. The Morgan fingerprint density at radius 1 is 1.11 bits per heavy atom. The third-order valence-corrected chi connectivity index (χ3v) is 7.28. The molecule has 12 heteroatoms. The molecule has 206 valence electrons. The molecule has 0 unspecified atom stereocenters. The second kappa shape index (κ2) is 10.5. The van der Waals surface area contributed by atoms with Gasteiger partial charge in [0.2, 0.25) is 5.91 Å². The molecule has 2 fully saturated rings. The first kappa shape index (κ1) is 29.9. The number of imide groups is 1. The van der Waals surface area contributed by atoms with Gasteiger partial charge in [-0.15, -0.1) is 0 Å². The molecule has 1 saturated heterocycles. The number of nitrogens with one attached hydrogen (secondary N) is 2. The Hall–Kier alpha value is -2.37. The first-order chi connectivity index (χ1) is 16.4. The molecule has 2 aliphatic rings. The minimum Gasteiger partial charge on any atom is -0.338 e. The van der Waals surface area contributed by atoms with Crippen LogP contribution in [0.4, 0.5) is 18.0 Å². The highest BCUT2D eigenvalue weighted by molar-refractivity contribution is 6.00. The number of rotatable bonds is 8. The van der Waals surface area contributed by atoms with Crippen molar-refractivity contribution in [3.8, 4) is 0 Å². The number of likely N-dealkylation sites (N-methyl/N-ethyl adjacent to an activating group) is 1.